The zero-order valence-electron chi connectivity index (χ0n) is 18.1. The highest BCUT2D eigenvalue weighted by atomic mass is 35.5. The molecule has 3 rings (SSSR count). The first kappa shape index (κ1) is 27.6. The number of ether oxygens (including phenoxy) is 1. The number of carboxylic acids is 1. The van der Waals surface area contributed by atoms with E-state index >= 15 is 0 Å². The highest BCUT2D eigenvalue weighted by Crippen LogP contribution is 2.25. The molecule has 3 aromatic rings. The smallest absolute Gasteiger partial charge is 0.341 e. The lowest BCUT2D eigenvalue weighted by atomic mass is 10.1. The van der Waals surface area contributed by atoms with Crippen molar-refractivity contribution in [1.29, 1.82) is 0 Å². The molecule has 1 atom stereocenters. The molecule has 182 valence electrons. The fourth-order valence-electron chi connectivity index (χ4n) is 3.18. The Morgan fingerprint density at radius 1 is 1.00 bits per heavy atom. The lowest BCUT2D eigenvalue weighted by molar-refractivity contribution is -0.139. The van der Waals surface area contributed by atoms with Gasteiger partial charge in [-0.05, 0) is 66.6 Å². The minimum atomic E-state index is -3.81. The second kappa shape index (κ2) is 12.7. The van der Waals surface area contributed by atoms with E-state index in [1.165, 1.54) is 30.3 Å². The second-order valence-electron chi connectivity index (χ2n) is 7.33. The summed E-state index contributed by atoms with van der Waals surface area (Å²) < 4.78 is 31.2. The summed E-state index contributed by atoms with van der Waals surface area (Å²) in [5.41, 5.74) is 1.54. The van der Waals surface area contributed by atoms with Gasteiger partial charge in [0.1, 0.15) is 5.75 Å². The van der Waals surface area contributed by atoms with E-state index in [9.17, 15) is 18.3 Å². The monoisotopic (exact) mass is 525 g/mol. The van der Waals surface area contributed by atoms with Crippen molar-refractivity contribution in [2.45, 2.75) is 22.3 Å². The van der Waals surface area contributed by atoms with Crippen LogP contribution in [-0.4, -0.2) is 44.3 Å². The Bertz CT molecular complexity index is 1220. The number of aliphatic hydroxyl groups excluding tert-OH is 1. The van der Waals surface area contributed by atoms with Crippen molar-refractivity contribution in [2.24, 2.45) is 0 Å². The van der Waals surface area contributed by atoms with Crippen LogP contribution in [0, 0.1) is 0 Å². The van der Waals surface area contributed by atoms with Gasteiger partial charge in [0.2, 0.25) is 9.84 Å². The van der Waals surface area contributed by atoms with Crippen molar-refractivity contribution < 1.29 is 28.2 Å². The number of halogens is 2. The Hall–Kier alpha value is -2.62. The van der Waals surface area contributed by atoms with Crippen LogP contribution in [0.1, 0.15) is 17.2 Å². The maximum Gasteiger partial charge on any atom is 0.341 e. The average molecular weight is 526 g/mol. The Labute approximate surface area is 209 Å². The van der Waals surface area contributed by atoms with Crippen LogP contribution in [0.5, 0.6) is 5.75 Å². The summed E-state index contributed by atoms with van der Waals surface area (Å²) in [6, 6.07) is 19.4. The number of hydrogen-bond acceptors (Lipinski definition) is 6. The minimum Gasteiger partial charge on any atom is -0.482 e. The van der Waals surface area contributed by atoms with E-state index in [2.05, 4.69) is 5.32 Å². The molecule has 3 N–H and O–H groups in total. The first-order valence-corrected chi connectivity index (χ1v) is 12.0. The summed E-state index contributed by atoms with van der Waals surface area (Å²) in [6.07, 6.45) is -0.140. The zero-order valence-corrected chi connectivity index (χ0v) is 20.4. The van der Waals surface area contributed by atoms with Crippen LogP contribution in [0.2, 0.25) is 5.02 Å². The summed E-state index contributed by atoms with van der Waals surface area (Å²) >= 11 is 5.95. The van der Waals surface area contributed by atoms with Gasteiger partial charge in [-0.15, -0.1) is 12.4 Å². The molecular weight excluding hydrogens is 501 g/mol. The lowest BCUT2D eigenvalue weighted by Gasteiger charge is -2.13. The van der Waals surface area contributed by atoms with Gasteiger partial charge in [-0.3, -0.25) is 0 Å². The molecule has 0 aliphatic carbocycles. The van der Waals surface area contributed by atoms with Crippen LogP contribution in [0.3, 0.4) is 0 Å². The van der Waals surface area contributed by atoms with E-state index in [0.29, 0.717) is 24.5 Å². The van der Waals surface area contributed by atoms with Crippen molar-refractivity contribution in [3.05, 3.63) is 88.9 Å². The third-order valence-electron chi connectivity index (χ3n) is 4.85. The van der Waals surface area contributed by atoms with Crippen LogP contribution in [0.15, 0.2) is 82.6 Å². The summed E-state index contributed by atoms with van der Waals surface area (Å²) in [4.78, 5) is 10.8. The highest BCUT2D eigenvalue weighted by molar-refractivity contribution is 7.91. The first-order valence-electron chi connectivity index (χ1n) is 10.2. The Balaban J connectivity index is 0.00000408. The largest absolute Gasteiger partial charge is 0.482 e. The van der Waals surface area contributed by atoms with Crippen molar-refractivity contribution in [3.8, 4) is 5.75 Å². The number of hydrogen-bond donors (Lipinski definition) is 3. The van der Waals surface area contributed by atoms with Gasteiger partial charge in [-0.1, -0.05) is 41.9 Å². The number of carboxylic acid groups (broad SMARTS) is 1. The van der Waals surface area contributed by atoms with Crippen molar-refractivity contribution in [1.82, 2.24) is 5.32 Å². The maximum atomic E-state index is 13.0. The quantitative estimate of drug-likeness (QED) is 0.325. The maximum absolute atomic E-state index is 13.0. The Morgan fingerprint density at radius 2 is 1.68 bits per heavy atom. The standard InChI is InChI=1S/C24H24ClNO6S.ClH/c25-19-6-2-5-18(13-19)23(27)15-26-11-10-17-4-1-8-21(12-17)33(30,31)22-9-3-7-20(14-22)32-16-24(28)29;/h1-9,12-14,23,26-27H,10-11,15-16H2,(H,28,29);1H/t23-;/m0./s1. The number of nitrogens with one attached hydrogen (secondary N) is 1. The SMILES string of the molecule is Cl.O=C(O)COc1cccc(S(=O)(=O)c2cccc(CCNC[C@H](O)c3cccc(Cl)c3)c2)c1. The number of aliphatic hydroxyl groups is 1. The van der Waals surface area contributed by atoms with Gasteiger partial charge in [0.15, 0.2) is 6.61 Å². The molecule has 0 saturated heterocycles. The predicted octanol–water partition coefficient (Wildman–Crippen LogP) is 3.92. The molecule has 3 aromatic carbocycles. The molecule has 0 radical (unpaired) electrons. The molecule has 10 heteroatoms. The van der Waals surface area contributed by atoms with Crippen LogP contribution in [-0.2, 0) is 21.1 Å². The molecule has 0 saturated carbocycles. The molecule has 34 heavy (non-hydrogen) atoms. The molecule has 0 bridgehead atoms. The van der Waals surface area contributed by atoms with Crippen molar-refractivity contribution >= 4 is 39.8 Å². The topological polar surface area (TPSA) is 113 Å². The normalized spacial score (nSPS) is 11.9. The molecule has 0 fully saturated rings. The minimum absolute atomic E-state index is 0. The van der Waals surface area contributed by atoms with Crippen molar-refractivity contribution in [2.75, 3.05) is 19.7 Å². The number of aliphatic carboxylic acids is 1. The molecule has 7 nitrogen and oxygen atoms in total. The first-order chi connectivity index (χ1) is 15.8. The van der Waals surface area contributed by atoms with Gasteiger partial charge >= 0.3 is 5.97 Å². The second-order valence-corrected chi connectivity index (χ2v) is 9.72. The number of carbonyl (C=O) groups is 1. The Morgan fingerprint density at radius 3 is 2.38 bits per heavy atom. The fraction of sp³-hybridized carbons (Fsp3) is 0.208. The Kier molecular flexibility index (Phi) is 10.3. The predicted molar refractivity (Wildman–Crippen MR) is 132 cm³/mol. The van der Waals surface area contributed by atoms with Crippen LogP contribution >= 0.6 is 24.0 Å². The van der Waals surface area contributed by atoms with E-state index in [1.54, 1.807) is 36.4 Å². The third-order valence-corrected chi connectivity index (χ3v) is 6.83. The third kappa shape index (κ3) is 7.72. The van der Waals surface area contributed by atoms with E-state index in [1.807, 2.05) is 6.07 Å². The zero-order chi connectivity index (χ0) is 23.8. The van der Waals surface area contributed by atoms with Crippen molar-refractivity contribution in [3.63, 3.8) is 0 Å². The van der Waals surface area contributed by atoms with Gasteiger partial charge < -0.3 is 20.3 Å². The van der Waals surface area contributed by atoms with Gasteiger partial charge in [-0.2, -0.15) is 0 Å². The molecule has 0 heterocycles. The molecule has 0 aliphatic rings. The number of benzene rings is 3. The molecule has 0 aliphatic heterocycles. The molecule has 0 amide bonds. The van der Waals surface area contributed by atoms with Crippen LogP contribution < -0.4 is 10.1 Å². The molecule has 0 unspecified atom stereocenters. The molecule has 0 spiro atoms. The number of rotatable bonds is 11. The van der Waals surface area contributed by atoms with Gasteiger partial charge in [0.25, 0.3) is 0 Å². The van der Waals surface area contributed by atoms with Crippen LogP contribution in [0.4, 0.5) is 0 Å². The van der Waals surface area contributed by atoms with Gasteiger partial charge in [0.05, 0.1) is 15.9 Å². The summed E-state index contributed by atoms with van der Waals surface area (Å²) in [5, 5.41) is 22.7. The highest BCUT2D eigenvalue weighted by Gasteiger charge is 2.19. The van der Waals surface area contributed by atoms with Gasteiger partial charge in [-0.25, -0.2) is 13.2 Å². The average Bonchev–Trinajstić information content (AvgIpc) is 2.81. The summed E-state index contributed by atoms with van der Waals surface area (Å²) in [6.45, 7) is 0.319. The van der Waals surface area contributed by atoms with E-state index in [0.717, 1.165) is 11.1 Å². The van der Waals surface area contributed by atoms with E-state index < -0.39 is 28.5 Å². The summed E-state index contributed by atoms with van der Waals surface area (Å²) in [7, 11) is -3.81. The van der Waals surface area contributed by atoms with Crippen LogP contribution in [0.25, 0.3) is 0 Å². The molecule has 0 aromatic heterocycles. The number of sulfone groups is 1. The lowest BCUT2D eigenvalue weighted by Crippen LogP contribution is -2.23. The van der Waals surface area contributed by atoms with Gasteiger partial charge in [0, 0.05) is 11.6 Å². The summed E-state index contributed by atoms with van der Waals surface area (Å²) in [5.74, 6) is -0.984. The molecular formula is C24H25Cl2NO6S. The van der Waals surface area contributed by atoms with E-state index in [-0.39, 0.29) is 27.9 Å². The van der Waals surface area contributed by atoms with E-state index in [4.69, 9.17) is 21.4 Å². The fourth-order valence-corrected chi connectivity index (χ4v) is 4.75.